The summed E-state index contributed by atoms with van der Waals surface area (Å²) < 4.78 is 5.83. The van der Waals surface area contributed by atoms with Crippen LogP contribution in [0, 0.1) is 17.8 Å². The molecule has 0 unspecified atom stereocenters. The monoisotopic (exact) mass is 385 g/mol. The Balaban J connectivity index is 1.26. The standard InChI is InChI=1S/C21H24ClN3O2/c22-17-5-3-14(4-6-17)21-24-23-19(27-21)12-25(18-7-8-18)20(26)11-16-10-13-1-2-15(16)9-13/h3-6,13,15-16,18H,1-2,7-12H2/t13-,15-,16-/m0/s1. The third-order valence-electron chi connectivity index (χ3n) is 6.49. The fourth-order valence-corrected chi connectivity index (χ4v) is 5.07. The lowest BCUT2D eigenvalue weighted by atomic mass is 9.86. The summed E-state index contributed by atoms with van der Waals surface area (Å²) in [7, 11) is 0. The average molecular weight is 386 g/mol. The first-order valence-electron chi connectivity index (χ1n) is 10.0. The zero-order valence-electron chi connectivity index (χ0n) is 15.3. The lowest BCUT2D eigenvalue weighted by Gasteiger charge is -2.26. The fourth-order valence-electron chi connectivity index (χ4n) is 4.95. The Kier molecular flexibility index (Phi) is 4.43. The summed E-state index contributed by atoms with van der Waals surface area (Å²) in [6.45, 7) is 0.422. The van der Waals surface area contributed by atoms with Crippen LogP contribution in [0.25, 0.3) is 11.5 Å². The Hall–Kier alpha value is -1.88. The number of carbonyl (C=O) groups is 1. The molecule has 2 aromatic rings. The molecule has 3 atom stereocenters. The van der Waals surface area contributed by atoms with Gasteiger partial charge in [-0.05, 0) is 74.1 Å². The molecule has 0 aliphatic heterocycles. The van der Waals surface area contributed by atoms with Gasteiger partial charge in [-0.3, -0.25) is 4.79 Å². The molecular weight excluding hydrogens is 362 g/mol. The van der Waals surface area contributed by atoms with Gasteiger partial charge in [-0.15, -0.1) is 10.2 Å². The van der Waals surface area contributed by atoms with Crippen molar-refractivity contribution >= 4 is 17.5 Å². The van der Waals surface area contributed by atoms with E-state index in [2.05, 4.69) is 10.2 Å². The number of amides is 1. The molecule has 0 saturated heterocycles. The third kappa shape index (κ3) is 3.62. The van der Waals surface area contributed by atoms with Crippen LogP contribution < -0.4 is 0 Å². The highest BCUT2D eigenvalue weighted by Gasteiger charge is 2.42. The van der Waals surface area contributed by atoms with Gasteiger partial charge in [0.15, 0.2) is 0 Å². The molecule has 0 N–H and O–H groups in total. The molecule has 6 heteroatoms. The van der Waals surface area contributed by atoms with E-state index >= 15 is 0 Å². The quantitative estimate of drug-likeness (QED) is 0.722. The zero-order chi connectivity index (χ0) is 18.4. The van der Waals surface area contributed by atoms with E-state index in [1.54, 1.807) is 12.1 Å². The Labute approximate surface area is 164 Å². The molecule has 3 aliphatic rings. The minimum Gasteiger partial charge on any atom is -0.419 e. The SMILES string of the molecule is O=C(C[C@@H]1C[C@H]2CC[C@H]1C2)N(Cc1nnc(-c2ccc(Cl)cc2)o1)C1CC1. The number of fused-ring (bicyclic) bond motifs is 2. The molecule has 3 saturated carbocycles. The molecule has 0 radical (unpaired) electrons. The maximum atomic E-state index is 13.0. The van der Waals surface area contributed by atoms with Crippen molar-refractivity contribution in [1.29, 1.82) is 0 Å². The third-order valence-corrected chi connectivity index (χ3v) is 6.74. The van der Waals surface area contributed by atoms with Gasteiger partial charge in [0.2, 0.25) is 17.7 Å². The molecule has 27 heavy (non-hydrogen) atoms. The first-order chi connectivity index (χ1) is 13.2. The molecule has 3 fully saturated rings. The number of carbonyl (C=O) groups excluding carboxylic acids is 1. The van der Waals surface area contributed by atoms with Crippen LogP contribution in [0.5, 0.6) is 0 Å². The van der Waals surface area contributed by atoms with E-state index in [1.165, 1.54) is 25.7 Å². The van der Waals surface area contributed by atoms with Crippen LogP contribution in [0.15, 0.2) is 28.7 Å². The summed E-state index contributed by atoms with van der Waals surface area (Å²) in [5, 5.41) is 8.99. The first-order valence-corrected chi connectivity index (χ1v) is 10.4. The number of aromatic nitrogens is 2. The molecule has 1 aromatic heterocycles. The second-order valence-corrected chi connectivity index (χ2v) is 8.84. The second kappa shape index (κ2) is 6.93. The van der Waals surface area contributed by atoms with E-state index in [9.17, 15) is 4.79 Å². The molecule has 3 aliphatic carbocycles. The van der Waals surface area contributed by atoms with Crippen molar-refractivity contribution in [1.82, 2.24) is 15.1 Å². The van der Waals surface area contributed by atoms with Crippen molar-refractivity contribution in [3.05, 3.63) is 35.2 Å². The highest BCUT2D eigenvalue weighted by molar-refractivity contribution is 6.30. The maximum absolute atomic E-state index is 13.0. The largest absolute Gasteiger partial charge is 0.419 e. The number of hydrogen-bond donors (Lipinski definition) is 0. The molecule has 5 nitrogen and oxygen atoms in total. The number of halogens is 1. The number of nitrogens with zero attached hydrogens (tertiary/aromatic N) is 3. The Morgan fingerprint density at radius 1 is 1.11 bits per heavy atom. The van der Waals surface area contributed by atoms with Gasteiger partial charge in [0.1, 0.15) is 0 Å². The Morgan fingerprint density at radius 3 is 2.59 bits per heavy atom. The number of hydrogen-bond acceptors (Lipinski definition) is 4. The van der Waals surface area contributed by atoms with Gasteiger partial charge < -0.3 is 9.32 Å². The van der Waals surface area contributed by atoms with Crippen molar-refractivity contribution in [2.75, 3.05) is 0 Å². The first kappa shape index (κ1) is 17.2. The summed E-state index contributed by atoms with van der Waals surface area (Å²) in [4.78, 5) is 15.0. The van der Waals surface area contributed by atoms with Crippen LogP contribution in [0.3, 0.4) is 0 Å². The van der Waals surface area contributed by atoms with Crippen molar-refractivity contribution in [2.24, 2.45) is 17.8 Å². The molecule has 142 valence electrons. The van der Waals surface area contributed by atoms with Gasteiger partial charge in [-0.25, -0.2) is 0 Å². The predicted molar refractivity (Wildman–Crippen MR) is 102 cm³/mol. The van der Waals surface area contributed by atoms with Gasteiger partial charge in [0, 0.05) is 23.0 Å². The van der Waals surface area contributed by atoms with Gasteiger partial charge >= 0.3 is 0 Å². The summed E-state index contributed by atoms with van der Waals surface area (Å²) in [6, 6.07) is 7.67. The van der Waals surface area contributed by atoms with Crippen LogP contribution in [0.4, 0.5) is 0 Å². The Morgan fingerprint density at radius 2 is 1.93 bits per heavy atom. The van der Waals surface area contributed by atoms with E-state index in [0.29, 0.717) is 41.7 Å². The molecule has 1 heterocycles. The van der Waals surface area contributed by atoms with Crippen LogP contribution in [0.2, 0.25) is 5.02 Å². The van der Waals surface area contributed by atoms with Crippen molar-refractivity contribution in [3.63, 3.8) is 0 Å². The van der Waals surface area contributed by atoms with E-state index < -0.39 is 0 Å². The van der Waals surface area contributed by atoms with Gasteiger partial charge in [0.05, 0.1) is 6.54 Å². The van der Waals surface area contributed by atoms with Crippen molar-refractivity contribution in [2.45, 2.75) is 57.5 Å². The van der Waals surface area contributed by atoms with Crippen LogP contribution in [0.1, 0.15) is 50.8 Å². The van der Waals surface area contributed by atoms with Gasteiger partial charge in [0.25, 0.3) is 0 Å². The molecular formula is C21H24ClN3O2. The molecule has 5 rings (SSSR count). The van der Waals surface area contributed by atoms with Gasteiger partial charge in [-0.1, -0.05) is 18.0 Å². The van der Waals surface area contributed by atoms with E-state index in [1.807, 2.05) is 17.0 Å². The molecule has 1 aromatic carbocycles. The molecule has 0 spiro atoms. The smallest absolute Gasteiger partial charge is 0.247 e. The molecule has 1 amide bonds. The number of rotatable bonds is 6. The maximum Gasteiger partial charge on any atom is 0.247 e. The average Bonchev–Trinajstić information content (AvgIpc) is 3.06. The minimum absolute atomic E-state index is 0.265. The van der Waals surface area contributed by atoms with Gasteiger partial charge in [-0.2, -0.15) is 0 Å². The Bertz CT molecular complexity index is 830. The highest BCUT2D eigenvalue weighted by atomic mass is 35.5. The van der Waals surface area contributed by atoms with Crippen LogP contribution >= 0.6 is 11.6 Å². The summed E-state index contributed by atoms with van der Waals surface area (Å²) in [5.41, 5.74) is 0.837. The summed E-state index contributed by atoms with van der Waals surface area (Å²) >= 11 is 5.93. The van der Waals surface area contributed by atoms with E-state index in [4.69, 9.17) is 16.0 Å². The summed E-state index contributed by atoms with van der Waals surface area (Å²) in [6.07, 6.45) is 8.14. The number of benzene rings is 1. The van der Waals surface area contributed by atoms with Crippen molar-refractivity contribution in [3.8, 4) is 11.5 Å². The lowest BCUT2D eigenvalue weighted by Crippen LogP contribution is -2.34. The van der Waals surface area contributed by atoms with Crippen molar-refractivity contribution < 1.29 is 9.21 Å². The lowest BCUT2D eigenvalue weighted by molar-refractivity contribution is -0.134. The van der Waals surface area contributed by atoms with Crippen LogP contribution in [-0.2, 0) is 11.3 Å². The second-order valence-electron chi connectivity index (χ2n) is 8.40. The topological polar surface area (TPSA) is 59.2 Å². The molecule has 2 bridgehead atoms. The predicted octanol–water partition coefficient (Wildman–Crippen LogP) is 4.71. The van der Waals surface area contributed by atoms with E-state index in [0.717, 1.165) is 30.2 Å². The van der Waals surface area contributed by atoms with Crippen LogP contribution in [-0.4, -0.2) is 27.0 Å². The van der Waals surface area contributed by atoms with E-state index in [-0.39, 0.29) is 5.91 Å². The fraction of sp³-hybridized carbons (Fsp3) is 0.571. The highest BCUT2D eigenvalue weighted by Crippen LogP contribution is 2.50. The minimum atomic E-state index is 0.265. The normalized spacial score (nSPS) is 26.5. The zero-order valence-corrected chi connectivity index (χ0v) is 16.1. The summed E-state index contributed by atoms with van der Waals surface area (Å²) in [5.74, 6) is 3.48.